The Bertz CT molecular complexity index is 1080. The number of carbonyl (C=O) groups is 2. The molecule has 0 aromatic heterocycles. The van der Waals surface area contributed by atoms with E-state index < -0.39 is 11.5 Å². The highest BCUT2D eigenvalue weighted by atomic mass is 127. The normalized spacial score (nSPS) is 26.8. The monoisotopic (exact) mass is 565 g/mol. The summed E-state index contributed by atoms with van der Waals surface area (Å²) in [6.07, 6.45) is 0.736. The maximum Gasteiger partial charge on any atom is 0.239 e. The molecule has 4 atom stereocenters. The van der Waals surface area contributed by atoms with Gasteiger partial charge >= 0.3 is 0 Å². The number of halogens is 2. The fraction of sp³-hybridized carbons (Fsp3) is 0.440. The van der Waals surface area contributed by atoms with Crippen molar-refractivity contribution in [2.24, 2.45) is 5.41 Å². The number of hydrogen-bond donors (Lipinski definition) is 2. The van der Waals surface area contributed by atoms with Gasteiger partial charge in [0.05, 0.1) is 6.04 Å². The standard InChI is InChI=1S/C25H29ClIN3O2/c1-24(2,3)13-19-25(17-10-9-15(26)12-18(17)28-23(25)32)20(14-7-6-8-16(27)11-14)21(29-19)22(31)30(4)5/h6-12,19-21,29H,13H2,1-5H3,(H,28,32)/t19-,20+,21?,25+/m1/s1. The fourth-order valence-corrected chi connectivity index (χ4v) is 6.13. The van der Waals surface area contributed by atoms with Crippen molar-refractivity contribution < 1.29 is 9.59 Å². The first-order chi connectivity index (χ1) is 14.9. The third-order valence-electron chi connectivity index (χ3n) is 6.54. The van der Waals surface area contributed by atoms with Gasteiger partial charge in [0.2, 0.25) is 11.8 Å². The van der Waals surface area contributed by atoms with E-state index >= 15 is 0 Å². The van der Waals surface area contributed by atoms with Gasteiger partial charge in [0, 0.05) is 40.3 Å². The quantitative estimate of drug-likeness (QED) is 0.527. The van der Waals surface area contributed by atoms with Gasteiger partial charge in [-0.1, -0.05) is 50.6 Å². The van der Waals surface area contributed by atoms with Crippen LogP contribution < -0.4 is 10.6 Å². The van der Waals surface area contributed by atoms with Crippen LogP contribution in [-0.2, 0) is 15.0 Å². The van der Waals surface area contributed by atoms with Crippen LogP contribution >= 0.6 is 34.2 Å². The molecule has 1 unspecified atom stereocenters. The van der Waals surface area contributed by atoms with E-state index in [4.69, 9.17) is 11.6 Å². The van der Waals surface area contributed by atoms with E-state index in [-0.39, 0.29) is 29.2 Å². The number of benzene rings is 2. The van der Waals surface area contributed by atoms with Crippen LogP contribution in [0.25, 0.3) is 0 Å². The summed E-state index contributed by atoms with van der Waals surface area (Å²) in [6.45, 7) is 6.50. The van der Waals surface area contributed by atoms with E-state index in [0.717, 1.165) is 26.8 Å². The number of anilines is 1. The third-order valence-corrected chi connectivity index (χ3v) is 7.44. The molecule has 4 rings (SSSR count). The minimum atomic E-state index is -0.923. The Balaban J connectivity index is 2.01. The van der Waals surface area contributed by atoms with Crippen molar-refractivity contribution in [3.8, 4) is 0 Å². The van der Waals surface area contributed by atoms with E-state index in [1.807, 2.05) is 36.4 Å². The van der Waals surface area contributed by atoms with Crippen molar-refractivity contribution in [3.63, 3.8) is 0 Å². The van der Waals surface area contributed by atoms with Crippen LogP contribution in [0, 0.1) is 8.99 Å². The summed E-state index contributed by atoms with van der Waals surface area (Å²) in [5.74, 6) is -0.462. The van der Waals surface area contributed by atoms with Gasteiger partial charge < -0.3 is 15.5 Å². The number of likely N-dealkylation sites (N-methyl/N-ethyl adjacent to an activating group) is 1. The van der Waals surface area contributed by atoms with Gasteiger partial charge in [0.15, 0.2) is 0 Å². The van der Waals surface area contributed by atoms with Gasteiger partial charge in [-0.15, -0.1) is 0 Å². The van der Waals surface area contributed by atoms with E-state index in [1.165, 1.54) is 0 Å². The maximum absolute atomic E-state index is 13.9. The van der Waals surface area contributed by atoms with E-state index in [0.29, 0.717) is 5.02 Å². The molecule has 7 heteroatoms. The van der Waals surface area contributed by atoms with Crippen LogP contribution in [-0.4, -0.2) is 42.9 Å². The van der Waals surface area contributed by atoms with Crippen LogP contribution in [0.2, 0.25) is 5.02 Å². The molecular formula is C25H29ClIN3O2. The van der Waals surface area contributed by atoms with Gasteiger partial charge in [-0.25, -0.2) is 0 Å². The van der Waals surface area contributed by atoms with Crippen LogP contribution in [0.4, 0.5) is 5.69 Å². The predicted molar refractivity (Wildman–Crippen MR) is 137 cm³/mol. The largest absolute Gasteiger partial charge is 0.347 e. The molecule has 1 fully saturated rings. The summed E-state index contributed by atoms with van der Waals surface area (Å²) in [5.41, 5.74) is 1.65. The number of rotatable bonds is 3. The zero-order valence-corrected chi connectivity index (χ0v) is 21.9. The molecule has 32 heavy (non-hydrogen) atoms. The van der Waals surface area contributed by atoms with Crippen molar-refractivity contribution in [1.29, 1.82) is 0 Å². The van der Waals surface area contributed by atoms with Crippen LogP contribution in [0.5, 0.6) is 0 Å². The summed E-state index contributed by atoms with van der Waals surface area (Å²) in [7, 11) is 3.53. The van der Waals surface area contributed by atoms with Crippen molar-refractivity contribution in [3.05, 3.63) is 62.2 Å². The molecule has 5 nitrogen and oxygen atoms in total. The molecule has 2 N–H and O–H groups in total. The molecule has 2 aliphatic heterocycles. The van der Waals surface area contributed by atoms with Crippen molar-refractivity contribution in [2.45, 2.75) is 50.6 Å². The van der Waals surface area contributed by atoms with Crippen molar-refractivity contribution in [1.82, 2.24) is 10.2 Å². The molecule has 2 aromatic rings. The molecule has 2 amide bonds. The lowest BCUT2D eigenvalue weighted by Crippen LogP contribution is -2.49. The van der Waals surface area contributed by atoms with Crippen LogP contribution in [0.3, 0.4) is 0 Å². The lowest BCUT2D eigenvalue weighted by Gasteiger charge is -2.37. The first-order valence-electron chi connectivity index (χ1n) is 10.8. The molecule has 0 radical (unpaired) electrons. The van der Waals surface area contributed by atoms with Gasteiger partial charge in [0.25, 0.3) is 0 Å². The number of nitrogens with one attached hydrogen (secondary N) is 2. The number of fused-ring (bicyclic) bond motifs is 2. The summed E-state index contributed by atoms with van der Waals surface area (Å²) in [6, 6.07) is 13.0. The molecule has 0 aliphatic carbocycles. The molecule has 0 bridgehead atoms. The van der Waals surface area contributed by atoms with Gasteiger partial charge in [0.1, 0.15) is 5.41 Å². The number of amides is 2. The van der Waals surface area contributed by atoms with Crippen LogP contribution in [0.1, 0.15) is 44.2 Å². The SMILES string of the molecule is CN(C)C(=O)C1N[C@H](CC(C)(C)C)[C@]2(C(=O)Nc3cc(Cl)ccc32)[C@H]1c1cccc(I)c1. The van der Waals surface area contributed by atoms with Crippen LogP contribution in [0.15, 0.2) is 42.5 Å². The summed E-state index contributed by atoms with van der Waals surface area (Å²) in [4.78, 5) is 29.0. The Morgan fingerprint density at radius 3 is 2.53 bits per heavy atom. The second kappa shape index (κ2) is 8.29. The lowest BCUT2D eigenvalue weighted by molar-refractivity contribution is -0.131. The second-order valence-electron chi connectivity index (χ2n) is 10.2. The molecule has 1 spiro atoms. The van der Waals surface area contributed by atoms with E-state index in [9.17, 15) is 9.59 Å². The lowest BCUT2D eigenvalue weighted by atomic mass is 9.62. The van der Waals surface area contributed by atoms with Gasteiger partial charge in [-0.2, -0.15) is 0 Å². The molecular weight excluding hydrogens is 537 g/mol. The summed E-state index contributed by atoms with van der Waals surface area (Å²) < 4.78 is 1.07. The predicted octanol–water partition coefficient (Wildman–Crippen LogP) is 4.78. The minimum absolute atomic E-state index is 0.0279. The fourth-order valence-electron chi connectivity index (χ4n) is 5.39. The third kappa shape index (κ3) is 3.84. The Kier molecular flexibility index (Phi) is 6.09. The van der Waals surface area contributed by atoms with Gasteiger partial charge in [-0.3, -0.25) is 9.59 Å². The first kappa shape index (κ1) is 23.5. The minimum Gasteiger partial charge on any atom is -0.347 e. The number of carbonyl (C=O) groups excluding carboxylic acids is 2. The highest BCUT2D eigenvalue weighted by Crippen LogP contribution is 2.56. The Morgan fingerprint density at radius 2 is 1.91 bits per heavy atom. The number of hydrogen-bond acceptors (Lipinski definition) is 3. The molecule has 1 saturated heterocycles. The van der Waals surface area contributed by atoms with Gasteiger partial charge in [-0.05, 0) is 69.8 Å². The topological polar surface area (TPSA) is 61.4 Å². The zero-order valence-electron chi connectivity index (χ0n) is 19.0. The maximum atomic E-state index is 13.9. The first-order valence-corrected chi connectivity index (χ1v) is 12.2. The summed E-state index contributed by atoms with van der Waals surface area (Å²) in [5, 5.41) is 7.30. The van der Waals surface area contributed by atoms with E-state index in [1.54, 1.807) is 19.0 Å². The molecule has 170 valence electrons. The second-order valence-corrected chi connectivity index (χ2v) is 11.9. The van der Waals surface area contributed by atoms with E-state index in [2.05, 4.69) is 60.1 Å². The smallest absolute Gasteiger partial charge is 0.239 e. The highest BCUT2D eigenvalue weighted by Gasteiger charge is 2.65. The van der Waals surface area contributed by atoms with Crippen molar-refractivity contribution in [2.75, 3.05) is 19.4 Å². The average molecular weight is 566 g/mol. The molecule has 2 aromatic carbocycles. The van der Waals surface area contributed by atoms with Crippen molar-refractivity contribution >= 4 is 51.7 Å². The highest BCUT2D eigenvalue weighted by molar-refractivity contribution is 14.1. The molecule has 2 aliphatic rings. The Morgan fingerprint density at radius 1 is 1.19 bits per heavy atom. The molecule has 0 saturated carbocycles. The number of nitrogens with zero attached hydrogens (tertiary/aromatic N) is 1. The zero-order chi connectivity index (χ0) is 23.4. The Labute approximate surface area is 208 Å². The Hall–Kier alpha value is -1.64. The summed E-state index contributed by atoms with van der Waals surface area (Å²) >= 11 is 8.56. The average Bonchev–Trinajstić information content (AvgIpc) is 3.15. The molecule has 2 heterocycles.